The molecule has 0 atom stereocenters. The summed E-state index contributed by atoms with van der Waals surface area (Å²) in [7, 11) is 2.08. The van der Waals surface area contributed by atoms with E-state index in [-0.39, 0.29) is 0 Å². The number of nitrogens with zero attached hydrogens (tertiary/aromatic N) is 1. The topological polar surface area (TPSA) is 49.5 Å². The van der Waals surface area contributed by atoms with Crippen molar-refractivity contribution in [3.8, 4) is 0 Å². The number of anilines is 1. The molecule has 0 aliphatic heterocycles. The zero-order valence-corrected chi connectivity index (χ0v) is 11.9. The highest BCUT2D eigenvalue weighted by Crippen LogP contribution is 2.26. The first-order chi connectivity index (χ1) is 8.19. The first-order valence-electron chi connectivity index (χ1n) is 5.99. The van der Waals surface area contributed by atoms with E-state index in [1.165, 1.54) is 5.69 Å². The third-order valence-corrected chi connectivity index (χ3v) is 3.45. The summed E-state index contributed by atoms with van der Waals surface area (Å²) in [6.45, 7) is 1.86. The average molecular weight is 301 g/mol. The van der Waals surface area contributed by atoms with Gasteiger partial charge in [-0.15, -0.1) is 0 Å². The van der Waals surface area contributed by atoms with E-state index in [0.717, 1.165) is 35.8 Å². The Bertz CT molecular complexity index is 344. The smallest absolute Gasteiger partial charge is 0.0508 e. The van der Waals surface area contributed by atoms with Crippen LogP contribution in [0.15, 0.2) is 22.7 Å². The molecule has 0 fully saturated rings. The van der Waals surface area contributed by atoms with Crippen molar-refractivity contribution >= 4 is 21.6 Å². The van der Waals surface area contributed by atoms with Gasteiger partial charge in [-0.05, 0) is 52.9 Å². The lowest BCUT2D eigenvalue weighted by Crippen LogP contribution is -2.19. The molecule has 1 aromatic carbocycles. The van der Waals surface area contributed by atoms with Crippen molar-refractivity contribution in [2.24, 2.45) is 5.73 Å². The summed E-state index contributed by atoms with van der Waals surface area (Å²) in [4.78, 5) is 2.22. The minimum Gasteiger partial charge on any atom is -0.396 e. The third-order valence-electron chi connectivity index (χ3n) is 2.81. The molecule has 0 aliphatic rings. The molecule has 0 aliphatic carbocycles. The fraction of sp³-hybridized carbons (Fsp3) is 0.538. The van der Waals surface area contributed by atoms with Crippen molar-refractivity contribution in [3.63, 3.8) is 0 Å². The Morgan fingerprint density at radius 1 is 1.29 bits per heavy atom. The highest BCUT2D eigenvalue weighted by atomic mass is 79.9. The van der Waals surface area contributed by atoms with Crippen molar-refractivity contribution < 1.29 is 5.11 Å². The van der Waals surface area contributed by atoms with Crippen LogP contribution in [0.25, 0.3) is 0 Å². The predicted molar refractivity (Wildman–Crippen MR) is 76.2 cm³/mol. The van der Waals surface area contributed by atoms with Crippen LogP contribution >= 0.6 is 15.9 Å². The van der Waals surface area contributed by atoms with E-state index in [0.29, 0.717) is 13.2 Å². The molecule has 1 rings (SSSR count). The standard InChI is InChI=1S/C13H21BrN2O/c1-16(7-3-2-4-8-17)13-6-5-11(10-15)9-12(13)14/h5-6,9,17H,2-4,7-8,10,15H2,1H3. The van der Waals surface area contributed by atoms with Gasteiger partial charge < -0.3 is 15.7 Å². The van der Waals surface area contributed by atoms with E-state index < -0.39 is 0 Å². The molecule has 0 radical (unpaired) electrons. The summed E-state index contributed by atoms with van der Waals surface area (Å²) >= 11 is 3.57. The Labute approximate surface area is 112 Å². The SMILES string of the molecule is CN(CCCCCO)c1ccc(CN)cc1Br. The van der Waals surface area contributed by atoms with Crippen molar-refractivity contribution in [1.82, 2.24) is 0 Å². The Morgan fingerprint density at radius 3 is 2.65 bits per heavy atom. The van der Waals surface area contributed by atoms with Crippen molar-refractivity contribution in [3.05, 3.63) is 28.2 Å². The summed E-state index contributed by atoms with van der Waals surface area (Å²) in [5, 5.41) is 8.72. The molecular formula is C13H21BrN2O. The van der Waals surface area contributed by atoms with Crippen LogP contribution in [0.5, 0.6) is 0 Å². The summed E-state index contributed by atoms with van der Waals surface area (Å²) in [5.74, 6) is 0. The maximum absolute atomic E-state index is 8.72. The first kappa shape index (κ1) is 14.5. The number of hydrogen-bond acceptors (Lipinski definition) is 3. The molecule has 0 amide bonds. The lowest BCUT2D eigenvalue weighted by molar-refractivity contribution is 0.283. The second-order valence-corrected chi connectivity index (χ2v) is 5.05. The average Bonchev–Trinajstić information content (AvgIpc) is 2.34. The first-order valence-corrected chi connectivity index (χ1v) is 6.79. The molecule has 17 heavy (non-hydrogen) atoms. The van der Waals surface area contributed by atoms with E-state index in [4.69, 9.17) is 10.8 Å². The predicted octanol–water partition coefficient (Wildman–Crippen LogP) is 2.51. The van der Waals surface area contributed by atoms with Crippen LogP contribution in [0, 0.1) is 0 Å². The highest BCUT2D eigenvalue weighted by molar-refractivity contribution is 9.10. The zero-order chi connectivity index (χ0) is 12.7. The van der Waals surface area contributed by atoms with Gasteiger partial charge in [-0.1, -0.05) is 6.07 Å². The molecule has 0 heterocycles. The van der Waals surface area contributed by atoms with Crippen molar-refractivity contribution in [2.45, 2.75) is 25.8 Å². The van der Waals surface area contributed by atoms with E-state index >= 15 is 0 Å². The lowest BCUT2D eigenvalue weighted by atomic mass is 10.2. The lowest BCUT2D eigenvalue weighted by Gasteiger charge is -2.21. The minimum absolute atomic E-state index is 0.290. The zero-order valence-electron chi connectivity index (χ0n) is 10.3. The molecule has 3 N–H and O–H groups in total. The molecule has 0 spiro atoms. The molecule has 4 heteroatoms. The second kappa shape index (κ2) is 7.69. The van der Waals surface area contributed by atoms with Gasteiger partial charge >= 0.3 is 0 Å². The summed E-state index contributed by atoms with van der Waals surface area (Å²) in [6.07, 6.45) is 3.06. The minimum atomic E-state index is 0.290. The third kappa shape index (κ3) is 4.66. The number of halogens is 1. The largest absolute Gasteiger partial charge is 0.396 e. The van der Waals surface area contributed by atoms with Gasteiger partial charge in [0.05, 0.1) is 5.69 Å². The molecule has 1 aromatic rings. The Balaban J connectivity index is 2.53. The van der Waals surface area contributed by atoms with Gasteiger partial charge in [-0.3, -0.25) is 0 Å². The normalized spacial score (nSPS) is 10.6. The molecule has 96 valence electrons. The van der Waals surface area contributed by atoms with Crippen molar-refractivity contribution in [2.75, 3.05) is 25.1 Å². The molecule has 0 bridgehead atoms. The van der Waals surface area contributed by atoms with Crippen LogP contribution in [0.2, 0.25) is 0 Å². The quantitative estimate of drug-likeness (QED) is 0.761. The number of nitrogens with two attached hydrogens (primary N) is 1. The van der Waals surface area contributed by atoms with Gasteiger partial charge in [-0.2, -0.15) is 0 Å². The molecule has 0 unspecified atom stereocenters. The van der Waals surface area contributed by atoms with Crippen LogP contribution in [0.4, 0.5) is 5.69 Å². The van der Waals surface area contributed by atoms with Gasteiger partial charge in [0.15, 0.2) is 0 Å². The van der Waals surface area contributed by atoms with Gasteiger partial charge in [0.2, 0.25) is 0 Å². The van der Waals surface area contributed by atoms with Crippen LogP contribution in [-0.4, -0.2) is 25.3 Å². The van der Waals surface area contributed by atoms with Crippen molar-refractivity contribution in [1.29, 1.82) is 0 Å². The number of rotatable bonds is 7. The van der Waals surface area contributed by atoms with E-state index in [9.17, 15) is 0 Å². The number of hydrogen-bond donors (Lipinski definition) is 2. The summed E-state index contributed by atoms with van der Waals surface area (Å²) in [6, 6.07) is 6.22. The number of benzene rings is 1. The fourth-order valence-electron chi connectivity index (χ4n) is 1.74. The Kier molecular flexibility index (Phi) is 6.55. The fourth-order valence-corrected chi connectivity index (χ4v) is 2.47. The van der Waals surface area contributed by atoms with E-state index in [1.54, 1.807) is 0 Å². The maximum Gasteiger partial charge on any atom is 0.0508 e. The Morgan fingerprint density at radius 2 is 2.06 bits per heavy atom. The number of unbranched alkanes of at least 4 members (excludes halogenated alkanes) is 2. The van der Waals surface area contributed by atoms with E-state index in [2.05, 4.69) is 46.1 Å². The molecule has 0 saturated heterocycles. The van der Waals surface area contributed by atoms with Gasteiger partial charge in [0.1, 0.15) is 0 Å². The summed E-state index contributed by atoms with van der Waals surface area (Å²) in [5.41, 5.74) is 7.92. The van der Waals surface area contributed by atoms with Crippen LogP contribution in [-0.2, 0) is 6.54 Å². The van der Waals surface area contributed by atoms with Gasteiger partial charge in [0, 0.05) is 31.2 Å². The van der Waals surface area contributed by atoms with Gasteiger partial charge in [-0.25, -0.2) is 0 Å². The van der Waals surface area contributed by atoms with Crippen LogP contribution in [0.3, 0.4) is 0 Å². The summed E-state index contributed by atoms with van der Waals surface area (Å²) < 4.78 is 1.09. The molecule has 0 aromatic heterocycles. The van der Waals surface area contributed by atoms with Gasteiger partial charge in [0.25, 0.3) is 0 Å². The maximum atomic E-state index is 8.72. The number of aliphatic hydroxyl groups excluding tert-OH is 1. The second-order valence-electron chi connectivity index (χ2n) is 4.20. The number of aliphatic hydroxyl groups is 1. The molecule has 0 saturated carbocycles. The van der Waals surface area contributed by atoms with Crippen LogP contribution < -0.4 is 10.6 Å². The van der Waals surface area contributed by atoms with E-state index in [1.807, 2.05) is 0 Å². The highest BCUT2D eigenvalue weighted by Gasteiger charge is 2.05. The van der Waals surface area contributed by atoms with Crippen LogP contribution in [0.1, 0.15) is 24.8 Å². The molecular weight excluding hydrogens is 280 g/mol. The Hall–Kier alpha value is -0.580. The molecule has 3 nitrogen and oxygen atoms in total. The monoisotopic (exact) mass is 300 g/mol.